The van der Waals surface area contributed by atoms with Gasteiger partial charge >= 0.3 is 0 Å². The number of aryl methyl sites for hydroxylation is 1. The highest BCUT2D eigenvalue weighted by molar-refractivity contribution is 8.13. The fourth-order valence-electron chi connectivity index (χ4n) is 0.955. The summed E-state index contributed by atoms with van der Waals surface area (Å²) in [5.41, 5.74) is 0. The van der Waals surface area contributed by atoms with Crippen LogP contribution in [0.3, 0.4) is 0 Å². The van der Waals surface area contributed by atoms with Crippen LogP contribution in [0.4, 0.5) is 0 Å². The van der Waals surface area contributed by atoms with Crippen LogP contribution >= 0.6 is 10.7 Å². The highest BCUT2D eigenvalue weighted by Gasteiger charge is 2.21. The zero-order chi connectivity index (χ0) is 10.1. The molecular weight excluding hydrogens is 216 g/mol. The number of hydrogen-bond donors (Lipinski definition) is 0. The van der Waals surface area contributed by atoms with Crippen molar-refractivity contribution in [2.24, 2.45) is 0 Å². The Morgan fingerprint density at radius 3 is 2.69 bits per heavy atom. The molecule has 74 valence electrons. The minimum Gasteiger partial charge on any atom is -0.480 e. The molecule has 13 heavy (non-hydrogen) atoms. The molecule has 0 aliphatic rings. The van der Waals surface area contributed by atoms with E-state index in [1.807, 2.05) is 6.92 Å². The minimum atomic E-state index is -3.77. The quantitative estimate of drug-likeness (QED) is 0.714. The van der Waals surface area contributed by atoms with Crippen molar-refractivity contribution in [1.29, 1.82) is 0 Å². The zero-order valence-corrected chi connectivity index (χ0v) is 8.76. The Labute approximate surface area is 80.7 Å². The SMILES string of the molecule is CCn1ncc(S(=O)(=O)Cl)c1OC. The maximum atomic E-state index is 11.0. The maximum Gasteiger partial charge on any atom is 0.268 e. The van der Waals surface area contributed by atoms with Gasteiger partial charge in [0, 0.05) is 17.2 Å². The molecule has 0 aliphatic carbocycles. The van der Waals surface area contributed by atoms with E-state index >= 15 is 0 Å². The zero-order valence-electron chi connectivity index (χ0n) is 7.19. The van der Waals surface area contributed by atoms with Crippen molar-refractivity contribution in [3.05, 3.63) is 6.20 Å². The van der Waals surface area contributed by atoms with Crippen molar-refractivity contribution in [2.45, 2.75) is 18.4 Å². The minimum absolute atomic E-state index is 0.0986. The van der Waals surface area contributed by atoms with Gasteiger partial charge in [-0.15, -0.1) is 0 Å². The second kappa shape index (κ2) is 3.55. The summed E-state index contributed by atoms with van der Waals surface area (Å²) in [6, 6.07) is 0. The van der Waals surface area contributed by atoms with Crippen LogP contribution in [0.1, 0.15) is 6.92 Å². The monoisotopic (exact) mass is 224 g/mol. The van der Waals surface area contributed by atoms with Gasteiger partial charge in [0.05, 0.1) is 13.3 Å². The van der Waals surface area contributed by atoms with Gasteiger partial charge in [0.2, 0.25) is 5.88 Å². The molecule has 1 rings (SSSR count). The van der Waals surface area contributed by atoms with Crippen LogP contribution < -0.4 is 4.74 Å². The number of halogens is 1. The van der Waals surface area contributed by atoms with E-state index in [-0.39, 0.29) is 10.8 Å². The van der Waals surface area contributed by atoms with Gasteiger partial charge in [-0.05, 0) is 6.92 Å². The van der Waals surface area contributed by atoms with Crippen molar-refractivity contribution in [1.82, 2.24) is 9.78 Å². The lowest BCUT2D eigenvalue weighted by molar-refractivity contribution is 0.354. The predicted molar refractivity (Wildman–Crippen MR) is 47.5 cm³/mol. The van der Waals surface area contributed by atoms with Crippen molar-refractivity contribution < 1.29 is 13.2 Å². The Hall–Kier alpha value is -0.750. The normalized spacial score (nSPS) is 11.6. The van der Waals surface area contributed by atoms with Crippen LogP contribution in [-0.4, -0.2) is 25.3 Å². The highest BCUT2D eigenvalue weighted by Crippen LogP contribution is 2.25. The van der Waals surface area contributed by atoms with E-state index in [0.29, 0.717) is 6.54 Å². The van der Waals surface area contributed by atoms with Gasteiger partial charge < -0.3 is 4.74 Å². The first kappa shape index (κ1) is 10.3. The molecule has 1 aromatic heterocycles. The molecule has 0 bridgehead atoms. The Kier molecular flexibility index (Phi) is 2.82. The standard InChI is InChI=1S/C6H9ClN2O3S/c1-3-9-6(12-2)5(4-8-9)13(7,10)11/h4H,3H2,1-2H3. The smallest absolute Gasteiger partial charge is 0.268 e. The van der Waals surface area contributed by atoms with Crippen molar-refractivity contribution in [2.75, 3.05) is 7.11 Å². The lowest BCUT2D eigenvalue weighted by atomic mass is 10.6. The predicted octanol–water partition coefficient (Wildman–Crippen LogP) is 0.839. The third-order valence-electron chi connectivity index (χ3n) is 1.52. The van der Waals surface area contributed by atoms with Crippen LogP contribution in [0.25, 0.3) is 0 Å². The summed E-state index contributed by atoms with van der Waals surface area (Å²) in [6.07, 6.45) is 1.17. The Morgan fingerprint density at radius 2 is 2.31 bits per heavy atom. The van der Waals surface area contributed by atoms with E-state index in [2.05, 4.69) is 5.10 Å². The summed E-state index contributed by atoms with van der Waals surface area (Å²) >= 11 is 0. The van der Waals surface area contributed by atoms with Gasteiger partial charge in [-0.25, -0.2) is 13.1 Å². The first-order valence-corrected chi connectivity index (χ1v) is 5.86. The van der Waals surface area contributed by atoms with Gasteiger partial charge in [-0.3, -0.25) is 0 Å². The number of hydrogen-bond acceptors (Lipinski definition) is 4. The topological polar surface area (TPSA) is 61.2 Å². The third-order valence-corrected chi connectivity index (χ3v) is 2.82. The number of methoxy groups -OCH3 is 1. The van der Waals surface area contributed by atoms with Crippen molar-refractivity contribution in [3.8, 4) is 5.88 Å². The van der Waals surface area contributed by atoms with Gasteiger partial charge in [0.15, 0.2) is 4.90 Å². The molecule has 0 unspecified atom stereocenters. The molecule has 1 aromatic rings. The molecule has 7 heteroatoms. The largest absolute Gasteiger partial charge is 0.480 e. The molecule has 0 fully saturated rings. The summed E-state index contributed by atoms with van der Waals surface area (Å²) in [5, 5.41) is 3.80. The second-order valence-electron chi connectivity index (χ2n) is 2.27. The second-order valence-corrected chi connectivity index (χ2v) is 4.81. The molecule has 0 atom stereocenters. The molecule has 0 N–H and O–H groups in total. The molecule has 0 radical (unpaired) electrons. The average molecular weight is 225 g/mol. The number of rotatable bonds is 3. The Bertz CT molecular complexity index is 398. The lowest BCUT2D eigenvalue weighted by Crippen LogP contribution is -2.01. The summed E-state index contributed by atoms with van der Waals surface area (Å²) < 4.78 is 28.2. The fourth-order valence-corrected chi connectivity index (χ4v) is 1.84. The maximum absolute atomic E-state index is 11.0. The van der Waals surface area contributed by atoms with E-state index < -0.39 is 9.05 Å². The van der Waals surface area contributed by atoms with Crippen LogP contribution in [0.2, 0.25) is 0 Å². The Balaban J connectivity index is 3.32. The molecule has 0 spiro atoms. The average Bonchev–Trinajstić information content (AvgIpc) is 2.45. The van der Waals surface area contributed by atoms with E-state index in [4.69, 9.17) is 15.4 Å². The van der Waals surface area contributed by atoms with E-state index in [1.54, 1.807) is 0 Å². The number of aromatic nitrogens is 2. The van der Waals surface area contributed by atoms with Gasteiger partial charge in [-0.2, -0.15) is 5.10 Å². The number of ether oxygens (including phenoxy) is 1. The first-order chi connectivity index (χ1) is 6.00. The summed E-state index contributed by atoms with van der Waals surface area (Å²) in [6.45, 7) is 2.34. The van der Waals surface area contributed by atoms with E-state index in [9.17, 15) is 8.42 Å². The van der Waals surface area contributed by atoms with Crippen LogP contribution in [0.15, 0.2) is 11.1 Å². The third kappa shape index (κ3) is 1.94. The summed E-state index contributed by atoms with van der Waals surface area (Å²) in [7, 11) is 2.75. The van der Waals surface area contributed by atoms with Crippen molar-refractivity contribution in [3.63, 3.8) is 0 Å². The van der Waals surface area contributed by atoms with Crippen LogP contribution in [-0.2, 0) is 15.6 Å². The highest BCUT2D eigenvalue weighted by atomic mass is 35.7. The van der Waals surface area contributed by atoms with Crippen molar-refractivity contribution >= 4 is 19.7 Å². The van der Waals surface area contributed by atoms with Gasteiger partial charge in [-0.1, -0.05) is 0 Å². The Morgan fingerprint density at radius 1 is 1.69 bits per heavy atom. The fraction of sp³-hybridized carbons (Fsp3) is 0.500. The molecule has 0 saturated carbocycles. The van der Waals surface area contributed by atoms with Crippen LogP contribution in [0.5, 0.6) is 5.88 Å². The lowest BCUT2D eigenvalue weighted by Gasteiger charge is -2.03. The molecular formula is C6H9ClN2O3S. The molecule has 0 aliphatic heterocycles. The van der Waals surface area contributed by atoms with Crippen LogP contribution in [0, 0.1) is 0 Å². The van der Waals surface area contributed by atoms with Gasteiger partial charge in [0.25, 0.3) is 9.05 Å². The molecule has 0 saturated heterocycles. The van der Waals surface area contributed by atoms with E-state index in [0.717, 1.165) is 0 Å². The summed E-state index contributed by atoms with van der Waals surface area (Å²) in [5.74, 6) is 0.164. The molecule has 1 heterocycles. The first-order valence-electron chi connectivity index (χ1n) is 3.55. The summed E-state index contributed by atoms with van der Waals surface area (Å²) in [4.78, 5) is -0.0986. The molecule has 5 nitrogen and oxygen atoms in total. The van der Waals surface area contributed by atoms with Gasteiger partial charge in [0.1, 0.15) is 0 Å². The number of nitrogens with zero attached hydrogens (tertiary/aromatic N) is 2. The van der Waals surface area contributed by atoms with E-state index in [1.165, 1.54) is 18.0 Å². The molecule has 0 amide bonds. The molecule has 0 aromatic carbocycles.